The summed E-state index contributed by atoms with van der Waals surface area (Å²) in [7, 11) is 0. The lowest BCUT2D eigenvalue weighted by Gasteiger charge is -2.18. The minimum Gasteiger partial charge on any atom is -0.378 e. The quantitative estimate of drug-likeness (QED) is 0.682. The maximum atomic E-state index is 4.50. The van der Waals surface area contributed by atoms with Gasteiger partial charge in [-0.05, 0) is 61.6 Å². The molecule has 3 rings (SSSR count). The molecule has 2 heterocycles. The zero-order valence-corrected chi connectivity index (χ0v) is 14.4. The Morgan fingerprint density at radius 3 is 2.81 bits per heavy atom. The molecule has 21 heavy (non-hydrogen) atoms. The smallest absolute Gasteiger partial charge is 0.155 e. The second kappa shape index (κ2) is 5.63. The van der Waals surface area contributed by atoms with Gasteiger partial charge in [0.1, 0.15) is 0 Å². The third kappa shape index (κ3) is 2.88. The van der Waals surface area contributed by atoms with Gasteiger partial charge in [-0.25, -0.2) is 9.50 Å². The second-order valence-electron chi connectivity index (χ2n) is 5.23. The summed E-state index contributed by atoms with van der Waals surface area (Å²) >= 11 is 2.32. The van der Waals surface area contributed by atoms with Gasteiger partial charge in [-0.2, -0.15) is 5.10 Å². The van der Waals surface area contributed by atoms with Crippen molar-refractivity contribution in [1.29, 1.82) is 0 Å². The molecular weight excluding hydrogens is 375 g/mol. The Bertz CT molecular complexity index is 794. The molecule has 0 aliphatic rings. The third-order valence-electron chi connectivity index (χ3n) is 3.56. The van der Waals surface area contributed by atoms with Gasteiger partial charge in [-0.15, -0.1) is 0 Å². The van der Waals surface area contributed by atoms with E-state index in [0.29, 0.717) is 0 Å². The summed E-state index contributed by atoms with van der Waals surface area (Å²) in [5.41, 5.74) is 5.28. The topological polar surface area (TPSA) is 42.2 Å². The van der Waals surface area contributed by atoms with E-state index in [0.717, 1.165) is 28.3 Å². The van der Waals surface area contributed by atoms with Gasteiger partial charge in [0.05, 0.1) is 11.7 Å². The van der Waals surface area contributed by atoms with Gasteiger partial charge in [0.25, 0.3) is 0 Å². The summed E-state index contributed by atoms with van der Waals surface area (Å²) in [6.45, 7) is 6.22. The molecule has 0 amide bonds. The van der Waals surface area contributed by atoms with Gasteiger partial charge in [-0.1, -0.05) is 6.07 Å². The zero-order valence-electron chi connectivity index (χ0n) is 12.3. The summed E-state index contributed by atoms with van der Waals surface area (Å²) < 4.78 is 3.13. The molecule has 1 atom stereocenters. The number of nitrogens with one attached hydrogen (secondary N) is 1. The number of hydrogen-bond acceptors (Lipinski definition) is 3. The highest BCUT2D eigenvalue weighted by molar-refractivity contribution is 14.1. The molecule has 0 radical (unpaired) electrons. The van der Waals surface area contributed by atoms with Crippen molar-refractivity contribution in [3.63, 3.8) is 0 Å². The normalized spacial score (nSPS) is 12.6. The largest absolute Gasteiger partial charge is 0.378 e. The van der Waals surface area contributed by atoms with Crippen molar-refractivity contribution in [2.45, 2.75) is 26.8 Å². The fraction of sp³-hybridized carbons (Fsp3) is 0.250. The van der Waals surface area contributed by atoms with Crippen LogP contribution in [-0.2, 0) is 0 Å². The molecule has 1 unspecified atom stereocenters. The predicted molar refractivity (Wildman–Crippen MR) is 93.7 cm³/mol. The number of halogens is 1. The van der Waals surface area contributed by atoms with Crippen molar-refractivity contribution in [2.24, 2.45) is 0 Å². The highest BCUT2D eigenvalue weighted by atomic mass is 127. The maximum Gasteiger partial charge on any atom is 0.155 e. The van der Waals surface area contributed by atoms with Crippen LogP contribution in [0, 0.1) is 17.4 Å². The molecule has 3 aromatic rings. The van der Waals surface area contributed by atoms with Crippen molar-refractivity contribution < 1.29 is 0 Å². The summed E-state index contributed by atoms with van der Waals surface area (Å²) in [6.07, 6.45) is 1.94. The van der Waals surface area contributed by atoms with Crippen LogP contribution >= 0.6 is 22.6 Å². The van der Waals surface area contributed by atoms with Crippen LogP contribution in [0.2, 0.25) is 0 Å². The highest BCUT2D eigenvalue weighted by Crippen LogP contribution is 2.23. The molecule has 2 aromatic heterocycles. The Labute approximate surface area is 137 Å². The van der Waals surface area contributed by atoms with Crippen molar-refractivity contribution in [3.8, 4) is 0 Å². The number of rotatable bonds is 3. The second-order valence-corrected chi connectivity index (χ2v) is 6.48. The van der Waals surface area contributed by atoms with Gasteiger partial charge >= 0.3 is 0 Å². The molecule has 1 N–H and O–H groups in total. The van der Waals surface area contributed by atoms with Crippen LogP contribution in [0.3, 0.4) is 0 Å². The fourth-order valence-corrected chi connectivity index (χ4v) is 3.05. The SMILES string of the molecule is Cc1cc2ncc(C(C)Nc3cccc(I)c3)c(C)n2n1. The average Bonchev–Trinajstić information content (AvgIpc) is 2.80. The van der Waals surface area contributed by atoms with E-state index in [2.05, 4.69) is 76.1 Å². The van der Waals surface area contributed by atoms with Gasteiger partial charge < -0.3 is 5.32 Å². The maximum absolute atomic E-state index is 4.50. The molecule has 0 spiro atoms. The van der Waals surface area contributed by atoms with Gasteiger partial charge in [-0.3, -0.25) is 0 Å². The predicted octanol–water partition coefficient (Wildman–Crippen LogP) is 4.12. The number of benzene rings is 1. The Hall–Kier alpha value is -1.63. The molecule has 0 bridgehead atoms. The van der Waals surface area contributed by atoms with E-state index >= 15 is 0 Å². The van der Waals surface area contributed by atoms with Crippen LogP contribution in [0.4, 0.5) is 5.69 Å². The van der Waals surface area contributed by atoms with Crippen molar-refractivity contribution >= 4 is 33.9 Å². The summed E-state index contributed by atoms with van der Waals surface area (Å²) in [5, 5.41) is 8.03. The minimum atomic E-state index is 0.171. The first-order valence-electron chi connectivity index (χ1n) is 6.88. The lowest BCUT2D eigenvalue weighted by atomic mass is 10.1. The summed E-state index contributed by atoms with van der Waals surface area (Å²) in [4.78, 5) is 4.50. The van der Waals surface area contributed by atoms with Crippen LogP contribution in [0.15, 0.2) is 36.5 Å². The van der Waals surface area contributed by atoms with Gasteiger partial charge in [0.15, 0.2) is 5.65 Å². The molecule has 1 aromatic carbocycles. The number of anilines is 1. The number of aryl methyl sites for hydroxylation is 2. The highest BCUT2D eigenvalue weighted by Gasteiger charge is 2.13. The Morgan fingerprint density at radius 1 is 1.24 bits per heavy atom. The van der Waals surface area contributed by atoms with Crippen molar-refractivity contribution in [2.75, 3.05) is 5.32 Å². The monoisotopic (exact) mass is 392 g/mol. The molecule has 0 saturated heterocycles. The minimum absolute atomic E-state index is 0.171. The van der Waals surface area contributed by atoms with E-state index in [1.165, 1.54) is 3.57 Å². The third-order valence-corrected chi connectivity index (χ3v) is 4.23. The lowest BCUT2D eigenvalue weighted by Crippen LogP contribution is -2.11. The molecule has 5 heteroatoms. The van der Waals surface area contributed by atoms with E-state index in [9.17, 15) is 0 Å². The lowest BCUT2D eigenvalue weighted by molar-refractivity contribution is 0.798. The first kappa shape index (κ1) is 14.3. The molecule has 0 aliphatic carbocycles. The van der Waals surface area contributed by atoms with Crippen LogP contribution in [-0.4, -0.2) is 14.6 Å². The average molecular weight is 392 g/mol. The van der Waals surface area contributed by atoms with Gasteiger partial charge in [0.2, 0.25) is 0 Å². The number of hydrogen-bond donors (Lipinski definition) is 1. The number of nitrogens with zero attached hydrogens (tertiary/aromatic N) is 3. The van der Waals surface area contributed by atoms with E-state index in [4.69, 9.17) is 0 Å². The molecular formula is C16H17IN4. The number of aromatic nitrogens is 3. The Kier molecular flexibility index (Phi) is 3.84. The standard InChI is InChI=1S/C16H17IN4/c1-10-7-16-18-9-15(12(3)21(16)20-10)11(2)19-14-6-4-5-13(17)8-14/h4-9,11,19H,1-3H3. The van der Waals surface area contributed by atoms with Crippen molar-refractivity contribution in [1.82, 2.24) is 14.6 Å². The summed E-state index contributed by atoms with van der Waals surface area (Å²) in [6, 6.07) is 10.5. The van der Waals surface area contributed by atoms with Gasteiger partial charge in [0, 0.05) is 32.8 Å². The molecule has 0 aliphatic heterocycles. The van der Waals surface area contributed by atoms with Crippen molar-refractivity contribution in [3.05, 3.63) is 57.1 Å². The van der Waals surface area contributed by atoms with Crippen LogP contribution in [0.5, 0.6) is 0 Å². The van der Waals surface area contributed by atoms with E-state index in [1.54, 1.807) is 0 Å². The van der Waals surface area contributed by atoms with Crippen LogP contribution < -0.4 is 5.32 Å². The zero-order chi connectivity index (χ0) is 15.0. The van der Waals surface area contributed by atoms with E-state index < -0.39 is 0 Å². The molecule has 0 fully saturated rings. The molecule has 108 valence electrons. The van der Waals surface area contributed by atoms with Crippen LogP contribution in [0.1, 0.15) is 29.9 Å². The first-order valence-corrected chi connectivity index (χ1v) is 7.96. The fourth-order valence-electron chi connectivity index (χ4n) is 2.51. The molecule has 0 saturated carbocycles. The Balaban J connectivity index is 1.94. The molecule has 4 nitrogen and oxygen atoms in total. The Morgan fingerprint density at radius 2 is 2.05 bits per heavy atom. The summed E-state index contributed by atoms with van der Waals surface area (Å²) in [5.74, 6) is 0. The van der Waals surface area contributed by atoms with E-state index in [1.807, 2.05) is 23.7 Å². The first-order chi connectivity index (χ1) is 10.0. The number of fused-ring (bicyclic) bond motifs is 1. The van der Waals surface area contributed by atoms with Crippen LogP contribution in [0.25, 0.3) is 5.65 Å². The van der Waals surface area contributed by atoms with E-state index in [-0.39, 0.29) is 6.04 Å².